The molecule has 144 valence electrons. The summed E-state index contributed by atoms with van der Waals surface area (Å²) in [7, 11) is 0. The van der Waals surface area contributed by atoms with Gasteiger partial charge in [0.1, 0.15) is 0 Å². The number of carbonyl (C=O) groups is 1. The highest BCUT2D eigenvalue weighted by atomic mass is 16.2. The number of nitrogens with zero attached hydrogens (tertiary/aromatic N) is 6. The van der Waals surface area contributed by atoms with E-state index in [-0.39, 0.29) is 11.8 Å². The summed E-state index contributed by atoms with van der Waals surface area (Å²) in [4.78, 5) is 17.2. The van der Waals surface area contributed by atoms with E-state index in [0.717, 1.165) is 30.9 Å². The van der Waals surface area contributed by atoms with Crippen LogP contribution in [0.5, 0.6) is 0 Å². The summed E-state index contributed by atoms with van der Waals surface area (Å²) in [5.41, 5.74) is 0.954. The normalized spacial score (nSPS) is 16.8. The molecule has 1 saturated heterocycles. The van der Waals surface area contributed by atoms with Crippen LogP contribution in [0, 0.1) is 5.92 Å². The van der Waals surface area contributed by atoms with E-state index in [2.05, 4.69) is 20.2 Å². The Hall–Kier alpha value is -3.22. The quantitative estimate of drug-likeness (QED) is 0.685. The van der Waals surface area contributed by atoms with Crippen molar-refractivity contribution in [2.75, 3.05) is 29.4 Å². The van der Waals surface area contributed by atoms with Crippen LogP contribution in [0.15, 0.2) is 60.9 Å². The first-order chi connectivity index (χ1) is 13.8. The number of piperidine rings is 1. The van der Waals surface area contributed by atoms with E-state index < -0.39 is 0 Å². The average Bonchev–Trinajstić information content (AvgIpc) is 3.30. The molecule has 0 bridgehead atoms. The molecule has 7 heteroatoms. The van der Waals surface area contributed by atoms with Gasteiger partial charge in [-0.25, -0.2) is 4.68 Å². The van der Waals surface area contributed by atoms with Crippen molar-refractivity contribution >= 4 is 17.4 Å². The maximum atomic E-state index is 13.2. The van der Waals surface area contributed by atoms with Gasteiger partial charge in [0.15, 0.2) is 11.6 Å². The molecule has 0 spiro atoms. The fourth-order valence-electron chi connectivity index (χ4n) is 3.69. The van der Waals surface area contributed by atoms with E-state index in [9.17, 15) is 4.79 Å². The van der Waals surface area contributed by atoms with E-state index in [4.69, 9.17) is 0 Å². The highest BCUT2D eigenvalue weighted by molar-refractivity contribution is 5.95. The number of hydrogen-bond donors (Lipinski definition) is 0. The van der Waals surface area contributed by atoms with Gasteiger partial charge >= 0.3 is 0 Å². The summed E-state index contributed by atoms with van der Waals surface area (Å²) in [6.07, 6.45) is 5.41. The lowest BCUT2D eigenvalue weighted by Crippen LogP contribution is -2.45. The Labute approximate surface area is 164 Å². The highest BCUT2D eigenvalue weighted by Crippen LogP contribution is 2.25. The molecule has 1 atom stereocenters. The maximum Gasteiger partial charge on any atom is 0.231 e. The van der Waals surface area contributed by atoms with Gasteiger partial charge < -0.3 is 9.80 Å². The summed E-state index contributed by atoms with van der Waals surface area (Å²) in [5, 5.41) is 12.8. The van der Waals surface area contributed by atoms with Crippen LogP contribution in [-0.4, -0.2) is 45.5 Å². The molecule has 2 aromatic heterocycles. The number of amides is 1. The number of hydrogen-bond acceptors (Lipinski definition) is 5. The van der Waals surface area contributed by atoms with Crippen LogP contribution in [0.4, 0.5) is 11.5 Å². The van der Waals surface area contributed by atoms with Gasteiger partial charge in [-0.3, -0.25) is 4.79 Å². The Balaban J connectivity index is 1.47. The third kappa shape index (κ3) is 3.74. The molecule has 28 heavy (non-hydrogen) atoms. The highest BCUT2D eigenvalue weighted by Gasteiger charge is 2.30. The van der Waals surface area contributed by atoms with Gasteiger partial charge in [0.05, 0.1) is 5.92 Å². The molecule has 1 unspecified atom stereocenters. The third-order valence-electron chi connectivity index (χ3n) is 5.12. The van der Waals surface area contributed by atoms with E-state index in [1.54, 1.807) is 10.9 Å². The summed E-state index contributed by atoms with van der Waals surface area (Å²) in [5.74, 6) is 1.62. The molecular weight excluding hydrogens is 352 g/mol. The van der Waals surface area contributed by atoms with E-state index in [0.29, 0.717) is 18.9 Å². The van der Waals surface area contributed by atoms with Gasteiger partial charge in [-0.15, -0.1) is 10.2 Å². The van der Waals surface area contributed by atoms with Crippen LogP contribution in [-0.2, 0) is 4.79 Å². The van der Waals surface area contributed by atoms with E-state index in [1.165, 1.54) is 0 Å². The molecule has 3 heterocycles. The van der Waals surface area contributed by atoms with Crippen LogP contribution in [0.2, 0.25) is 0 Å². The number of aromatic nitrogens is 4. The number of para-hydroxylation sites is 1. The minimum atomic E-state index is -0.0403. The molecule has 0 radical (unpaired) electrons. The number of anilines is 2. The molecule has 4 rings (SSSR count). The summed E-state index contributed by atoms with van der Waals surface area (Å²) in [6, 6.07) is 15.6. The second-order valence-corrected chi connectivity index (χ2v) is 6.90. The zero-order valence-electron chi connectivity index (χ0n) is 16.0. The molecule has 7 nitrogen and oxygen atoms in total. The van der Waals surface area contributed by atoms with Gasteiger partial charge in [-0.05, 0) is 50.1 Å². The van der Waals surface area contributed by atoms with Crippen molar-refractivity contribution in [3.8, 4) is 5.82 Å². The van der Waals surface area contributed by atoms with Crippen molar-refractivity contribution in [3.05, 3.63) is 60.9 Å². The number of rotatable bonds is 5. The van der Waals surface area contributed by atoms with Crippen molar-refractivity contribution < 1.29 is 4.79 Å². The molecule has 0 N–H and O–H groups in total. The van der Waals surface area contributed by atoms with Gasteiger partial charge in [-0.2, -0.15) is 5.10 Å². The first-order valence-corrected chi connectivity index (χ1v) is 9.71. The van der Waals surface area contributed by atoms with Gasteiger partial charge in [0.2, 0.25) is 5.91 Å². The molecule has 0 saturated carbocycles. The Morgan fingerprint density at radius 3 is 2.57 bits per heavy atom. The Morgan fingerprint density at radius 2 is 1.89 bits per heavy atom. The van der Waals surface area contributed by atoms with Gasteiger partial charge in [-0.1, -0.05) is 18.2 Å². The number of carbonyl (C=O) groups excluding carboxylic acids is 1. The predicted octanol–water partition coefficient (Wildman–Crippen LogP) is 2.93. The van der Waals surface area contributed by atoms with Crippen LogP contribution >= 0.6 is 0 Å². The van der Waals surface area contributed by atoms with E-state index >= 15 is 0 Å². The average molecular weight is 376 g/mol. The largest absolute Gasteiger partial charge is 0.354 e. The second kappa shape index (κ2) is 8.21. The second-order valence-electron chi connectivity index (χ2n) is 6.90. The van der Waals surface area contributed by atoms with Crippen LogP contribution in [0.25, 0.3) is 5.82 Å². The van der Waals surface area contributed by atoms with Crippen LogP contribution < -0.4 is 9.80 Å². The SMILES string of the molecule is CCN(C(=O)C1CCCN(c2ccc(-n3cccn3)nn2)C1)c1ccccc1. The zero-order valence-corrected chi connectivity index (χ0v) is 16.0. The zero-order chi connectivity index (χ0) is 19.3. The van der Waals surface area contributed by atoms with Crippen LogP contribution in [0.1, 0.15) is 19.8 Å². The van der Waals surface area contributed by atoms with Crippen molar-refractivity contribution in [3.63, 3.8) is 0 Å². The molecule has 1 aromatic carbocycles. The van der Waals surface area contributed by atoms with Crippen molar-refractivity contribution in [1.82, 2.24) is 20.0 Å². The minimum Gasteiger partial charge on any atom is -0.354 e. The molecule has 1 fully saturated rings. The smallest absolute Gasteiger partial charge is 0.231 e. The Morgan fingerprint density at radius 1 is 1.11 bits per heavy atom. The third-order valence-corrected chi connectivity index (χ3v) is 5.12. The standard InChI is InChI=1S/C21H24N6O/c1-2-26(18-9-4-3-5-10-18)21(28)17-8-6-14-25(16-17)19-11-12-20(24-23-19)27-15-7-13-22-27/h3-5,7,9-13,15,17H,2,6,8,14,16H2,1H3. The monoisotopic (exact) mass is 376 g/mol. The molecule has 0 aliphatic carbocycles. The Bertz CT molecular complexity index is 894. The molecule has 1 amide bonds. The summed E-state index contributed by atoms with van der Waals surface area (Å²) >= 11 is 0. The van der Waals surface area contributed by atoms with Gasteiger partial charge in [0, 0.05) is 37.7 Å². The first-order valence-electron chi connectivity index (χ1n) is 9.71. The lowest BCUT2D eigenvalue weighted by atomic mass is 9.96. The van der Waals surface area contributed by atoms with Gasteiger partial charge in [0.25, 0.3) is 0 Å². The first kappa shape index (κ1) is 18.2. The fourth-order valence-corrected chi connectivity index (χ4v) is 3.69. The lowest BCUT2D eigenvalue weighted by molar-refractivity contribution is -0.122. The molecular formula is C21H24N6O. The Kier molecular flexibility index (Phi) is 5.32. The number of benzene rings is 1. The maximum absolute atomic E-state index is 13.2. The summed E-state index contributed by atoms with van der Waals surface area (Å²) in [6.45, 7) is 4.23. The molecule has 1 aliphatic rings. The summed E-state index contributed by atoms with van der Waals surface area (Å²) < 4.78 is 1.68. The van der Waals surface area contributed by atoms with Crippen molar-refractivity contribution in [2.45, 2.75) is 19.8 Å². The topological polar surface area (TPSA) is 67.2 Å². The minimum absolute atomic E-state index is 0.0403. The van der Waals surface area contributed by atoms with E-state index in [1.807, 2.05) is 66.6 Å². The molecule has 1 aliphatic heterocycles. The van der Waals surface area contributed by atoms with Crippen LogP contribution in [0.3, 0.4) is 0 Å². The fraction of sp³-hybridized carbons (Fsp3) is 0.333. The van der Waals surface area contributed by atoms with Crippen molar-refractivity contribution in [1.29, 1.82) is 0 Å². The predicted molar refractivity (Wildman–Crippen MR) is 109 cm³/mol. The molecule has 3 aromatic rings. The lowest BCUT2D eigenvalue weighted by Gasteiger charge is -2.35. The van der Waals surface area contributed by atoms with Crippen molar-refractivity contribution in [2.24, 2.45) is 5.92 Å².